The highest BCUT2D eigenvalue weighted by Gasteiger charge is 2.04. The molecule has 1 N–H and O–H groups in total. The lowest BCUT2D eigenvalue weighted by atomic mass is 10.1. The molecule has 0 aliphatic carbocycles. The third-order valence-electron chi connectivity index (χ3n) is 3.07. The Kier molecular flexibility index (Phi) is 5.13. The highest BCUT2D eigenvalue weighted by molar-refractivity contribution is 6.31. The van der Waals surface area contributed by atoms with Gasteiger partial charge in [-0.05, 0) is 42.7 Å². The minimum Gasteiger partial charge on any atom is -0.350 e. The van der Waals surface area contributed by atoms with Crippen LogP contribution in [-0.4, -0.2) is 10.9 Å². The zero-order valence-electron chi connectivity index (χ0n) is 11.4. The number of nitrogens with zero attached hydrogens (tertiary/aromatic N) is 1. The molecule has 2 rings (SSSR count). The van der Waals surface area contributed by atoms with Crippen molar-refractivity contribution < 1.29 is 4.79 Å². The van der Waals surface area contributed by atoms with E-state index in [1.807, 2.05) is 43.3 Å². The van der Waals surface area contributed by atoms with Gasteiger partial charge in [-0.25, -0.2) is 0 Å². The summed E-state index contributed by atoms with van der Waals surface area (Å²) in [4.78, 5) is 15.9. The van der Waals surface area contributed by atoms with Gasteiger partial charge < -0.3 is 5.32 Å². The second-order valence-electron chi connectivity index (χ2n) is 4.68. The van der Waals surface area contributed by atoms with Crippen molar-refractivity contribution in [2.75, 3.05) is 0 Å². The molecule has 1 amide bonds. The molecule has 0 fully saturated rings. The molecular formula is C16H17ClN2O. The molecule has 0 bridgehead atoms. The summed E-state index contributed by atoms with van der Waals surface area (Å²) in [6.07, 6.45) is 2.86. The van der Waals surface area contributed by atoms with Crippen LogP contribution in [0.15, 0.2) is 42.6 Å². The van der Waals surface area contributed by atoms with Crippen molar-refractivity contribution in [2.45, 2.75) is 26.3 Å². The second-order valence-corrected chi connectivity index (χ2v) is 5.09. The quantitative estimate of drug-likeness (QED) is 0.917. The first-order chi connectivity index (χ1) is 9.65. The lowest BCUT2D eigenvalue weighted by Gasteiger charge is -2.06. The van der Waals surface area contributed by atoms with Gasteiger partial charge in [-0.1, -0.05) is 29.8 Å². The van der Waals surface area contributed by atoms with Gasteiger partial charge in [0.25, 0.3) is 0 Å². The number of aryl methyl sites for hydroxylation is 2. The van der Waals surface area contributed by atoms with Crippen molar-refractivity contribution in [3.63, 3.8) is 0 Å². The van der Waals surface area contributed by atoms with Gasteiger partial charge in [0.15, 0.2) is 0 Å². The summed E-state index contributed by atoms with van der Waals surface area (Å²) in [6, 6.07) is 11.6. The van der Waals surface area contributed by atoms with Crippen LogP contribution in [-0.2, 0) is 17.8 Å². The molecule has 1 heterocycles. The van der Waals surface area contributed by atoms with Crippen LogP contribution in [0.25, 0.3) is 0 Å². The molecule has 4 heteroatoms. The summed E-state index contributed by atoms with van der Waals surface area (Å²) in [7, 11) is 0. The van der Waals surface area contributed by atoms with Crippen molar-refractivity contribution in [1.29, 1.82) is 0 Å². The van der Waals surface area contributed by atoms with E-state index in [1.54, 1.807) is 6.20 Å². The molecule has 0 saturated carbocycles. The molecule has 0 saturated heterocycles. The zero-order chi connectivity index (χ0) is 14.4. The number of carbonyl (C=O) groups excluding carboxylic acids is 1. The molecule has 3 nitrogen and oxygen atoms in total. The summed E-state index contributed by atoms with van der Waals surface area (Å²) < 4.78 is 0. The lowest BCUT2D eigenvalue weighted by Crippen LogP contribution is -2.23. The number of nitrogens with one attached hydrogen (secondary N) is 1. The Hall–Kier alpha value is -1.87. The molecule has 0 radical (unpaired) electrons. The molecule has 0 aliphatic rings. The fourth-order valence-corrected chi connectivity index (χ4v) is 2.03. The normalized spacial score (nSPS) is 10.3. The maximum Gasteiger partial charge on any atom is 0.220 e. The maximum absolute atomic E-state index is 11.8. The number of carbonyl (C=O) groups is 1. The van der Waals surface area contributed by atoms with Crippen molar-refractivity contribution in [1.82, 2.24) is 10.3 Å². The molecule has 0 spiro atoms. The first-order valence-electron chi connectivity index (χ1n) is 6.57. The molecule has 0 aliphatic heterocycles. The van der Waals surface area contributed by atoms with Crippen LogP contribution in [0, 0.1) is 6.92 Å². The molecule has 1 aromatic carbocycles. The summed E-state index contributed by atoms with van der Waals surface area (Å²) in [5.74, 6) is 0.0207. The van der Waals surface area contributed by atoms with E-state index >= 15 is 0 Å². The topological polar surface area (TPSA) is 42.0 Å². The number of halogens is 1. The highest BCUT2D eigenvalue weighted by atomic mass is 35.5. The van der Waals surface area contributed by atoms with E-state index < -0.39 is 0 Å². The Balaban J connectivity index is 1.79. The maximum atomic E-state index is 11.8. The number of aromatic nitrogens is 1. The highest BCUT2D eigenvalue weighted by Crippen LogP contribution is 2.17. The van der Waals surface area contributed by atoms with Gasteiger partial charge in [0.2, 0.25) is 5.91 Å². The SMILES string of the molecule is Cc1ccc(CCC(=O)NCc2ccccn2)cc1Cl. The van der Waals surface area contributed by atoms with E-state index in [2.05, 4.69) is 10.3 Å². The average Bonchev–Trinajstić information content (AvgIpc) is 2.47. The van der Waals surface area contributed by atoms with Crippen molar-refractivity contribution in [2.24, 2.45) is 0 Å². The Morgan fingerprint density at radius 3 is 2.85 bits per heavy atom. The number of pyridine rings is 1. The van der Waals surface area contributed by atoms with E-state index in [-0.39, 0.29) is 5.91 Å². The molecular weight excluding hydrogens is 272 g/mol. The molecule has 1 aromatic heterocycles. The number of amides is 1. The minimum atomic E-state index is 0.0207. The van der Waals surface area contributed by atoms with Crippen LogP contribution in [0.3, 0.4) is 0 Å². The summed E-state index contributed by atoms with van der Waals surface area (Å²) >= 11 is 6.06. The number of benzene rings is 1. The van der Waals surface area contributed by atoms with Crippen LogP contribution < -0.4 is 5.32 Å². The minimum absolute atomic E-state index is 0.0207. The third kappa shape index (κ3) is 4.35. The van der Waals surface area contributed by atoms with Gasteiger partial charge in [0.05, 0.1) is 12.2 Å². The summed E-state index contributed by atoms with van der Waals surface area (Å²) in [5.41, 5.74) is 2.99. The Labute approximate surface area is 124 Å². The van der Waals surface area contributed by atoms with E-state index in [0.717, 1.165) is 21.8 Å². The Morgan fingerprint density at radius 2 is 2.15 bits per heavy atom. The van der Waals surface area contributed by atoms with Crippen LogP contribution in [0.2, 0.25) is 5.02 Å². The molecule has 104 valence electrons. The molecule has 2 aromatic rings. The smallest absolute Gasteiger partial charge is 0.220 e. The van der Waals surface area contributed by atoms with Crippen molar-refractivity contribution in [3.05, 3.63) is 64.4 Å². The van der Waals surface area contributed by atoms with Gasteiger partial charge in [0.1, 0.15) is 0 Å². The summed E-state index contributed by atoms with van der Waals surface area (Å²) in [5, 5.41) is 3.61. The standard InChI is InChI=1S/C16H17ClN2O/c1-12-5-6-13(10-15(12)17)7-8-16(20)19-11-14-4-2-3-9-18-14/h2-6,9-10H,7-8,11H2,1H3,(H,19,20). The molecule has 0 atom stereocenters. The third-order valence-corrected chi connectivity index (χ3v) is 3.48. The average molecular weight is 289 g/mol. The van der Waals surface area contributed by atoms with Gasteiger partial charge in [0, 0.05) is 17.6 Å². The van der Waals surface area contributed by atoms with Gasteiger partial charge in [-0.15, -0.1) is 0 Å². The van der Waals surface area contributed by atoms with Gasteiger partial charge in [-0.3, -0.25) is 9.78 Å². The first kappa shape index (κ1) is 14.5. The molecule has 0 unspecified atom stereocenters. The second kappa shape index (κ2) is 7.06. The largest absolute Gasteiger partial charge is 0.350 e. The van der Waals surface area contributed by atoms with E-state index in [0.29, 0.717) is 19.4 Å². The van der Waals surface area contributed by atoms with E-state index in [1.165, 1.54) is 0 Å². The van der Waals surface area contributed by atoms with Gasteiger partial charge in [-0.2, -0.15) is 0 Å². The lowest BCUT2D eigenvalue weighted by molar-refractivity contribution is -0.121. The fraction of sp³-hybridized carbons (Fsp3) is 0.250. The predicted molar refractivity (Wildman–Crippen MR) is 80.6 cm³/mol. The number of hydrogen-bond acceptors (Lipinski definition) is 2. The zero-order valence-corrected chi connectivity index (χ0v) is 12.2. The van der Waals surface area contributed by atoms with Gasteiger partial charge >= 0.3 is 0 Å². The van der Waals surface area contributed by atoms with Crippen molar-refractivity contribution in [3.8, 4) is 0 Å². The van der Waals surface area contributed by atoms with E-state index in [4.69, 9.17) is 11.6 Å². The fourth-order valence-electron chi connectivity index (χ4n) is 1.83. The Morgan fingerprint density at radius 1 is 1.30 bits per heavy atom. The molecule has 20 heavy (non-hydrogen) atoms. The first-order valence-corrected chi connectivity index (χ1v) is 6.94. The predicted octanol–water partition coefficient (Wildman–Crippen LogP) is 3.29. The van der Waals surface area contributed by atoms with Crippen LogP contribution in [0.4, 0.5) is 0 Å². The van der Waals surface area contributed by atoms with Crippen LogP contribution in [0.5, 0.6) is 0 Å². The van der Waals surface area contributed by atoms with Crippen LogP contribution in [0.1, 0.15) is 23.2 Å². The number of rotatable bonds is 5. The van der Waals surface area contributed by atoms with E-state index in [9.17, 15) is 4.79 Å². The van der Waals surface area contributed by atoms with Crippen LogP contribution >= 0.6 is 11.6 Å². The van der Waals surface area contributed by atoms with Crippen molar-refractivity contribution >= 4 is 17.5 Å². The monoisotopic (exact) mass is 288 g/mol. The Bertz CT molecular complexity index is 584. The summed E-state index contributed by atoms with van der Waals surface area (Å²) in [6.45, 7) is 2.43. The number of hydrogen-bond donors (Lipinski definition) is 1.